The van der Waals surface area contributed by atoms with Crippen molar-refractivity contribution >= 4 is 23.2 Å². The Morgan fingerprint density at radius 2 is 2.05 bits per heavy atom. The van der Waals surface area contributed by atoms with Crippen LogP contribution in [0.15, 0.2) is 42.5 Å². The molecule has 0 radical (unpaired) electrons. The van der Waals surface area contributed by atoms with Crippen LogP contribution < -0.4 is 14.8 Å². The molecule has 21 heavy (non-hydrogen) atoms. The lowest BCUT2D eigenvalue weighted by atomic mass is 10.2. The van der Waals surface area contributed by atoms with E-state index >= 15 is 0 Å². The molecule has 110 valence electrons. The first-order valence-electron chi connectivity index (χ1n) is 6.51. The zero-order chi connectivity index (χ0) is 15.2. The first-order valence-corrected chi connectivity index (χ1v) is 6.89. The fourth-order valence-corrected chi connectivity index (χ4v) is 2.04. The van der Waals surface area contributed by atoms with Crippen molar-refractivity contribution in [1.82, 2.24) is 0 Å². The van der Waals surface area contributed by atoms with Gasteiger partial charge in [-0.15, -0.1) is 0 Å². The third-order valence-electron chi connectivity index (χ3n) is 2.82. The van der Waals surface area contributed by atoms with Crippen molar-refractivity contribution in [1.29, 1.82) is 0 Å². The van der Waals surface area contributed by atoms with Gasteiger partial charge in [-0.25, -0.2) is 0 Å². The number of nitrogens with one attached hydrogen (secondary N) is 1. The van der Waals surface area contributed by atoms with Gasteiger partial charge in [0.1, 0.15) is 11.5 Å². The highest BCUT2D eigenvalue weighted by Gasteiger charge is 2.11. The second-order valence-corrected chi connectivity index (χ2v) is 4.70. The molecule has 0 unspecified atom stereocenters. The van der Waals surface area contributed by atoms with Gasteiger partial charge in [-0.1, -0.05) is 17.7 Å². The van der Waals surface area contributed by atoms with Crippen molar-refractivity contribution in [2.45, 2.75) is 6.92 Å². The number of rotatable bonds is 5. The molecule has 0 bridgehead atoms. The molecule has 4 nitrogen and oxygen atoms in total. The number of halogens is 1. The average molecular weight is 306 g/mol. The normalized spacial score (nSPS) is 10.0. The lowest BCUT2D eigenvalue weighted by Crippen LogP contribution is -2.12. The monoisotopic (exact) mass is 305 g/mol. The molecule has 0 saturated heterocycles. The Labute approximate surface area is 128 Å². The predicted octanol–water partition coefficient (Wildman–Crippen LogP) is 4.00. The second-order valence-electron chi connectivity index (χ2n) is 4.26. The summed E-state index contributed by atoms with van der Waals surface area (Å²) in [5, 5.41) is 3.31. The van der Waals surface area contributed by atoms with Crippen LogP contribution >= 0.6 is 11.6 Å². The number of hydrogen-bond acceptors (Lipinski definition) is 3. The number of anilines is 1. The summed E-state index contributed by atoms with van der Waals surface area (Å²) in [6.07, 6.45) is 0. The molecule has 0 heterocycles. The van der Waals surface area contributed by atoms with Gasteiger partial charge in [-0.3, -0.25) is 4.79 Å². The average Bonchev–Trinajstić information content (AvgIpc) is 2.48. The Balaban J connectivity index is 2.21. The lowest BCUT2D eigenvalue weighted by Gasteiger charge is -2.11. The van der Waals surface area contributed by atoms with Crippen LogP contribution in [0.2, 0.25) is 5.02 Å². The Kier molecular flexibility index (Phi) is 5.06. The summed E-state index contributed by atoms with van der Waals surface area (Å²) in [5.41, 5.74) is 1.03. The largest absolute Gasteiger partial charge is 0.495 e. The quantitative estimate of drug-likeness (QED) is 0.908. The van der Waals surface area contributed by atoms with Gasteiger partial charge in [0.05, 0.1) is 19.4 Å². The summed E-state index contributed by atoms with van der Waals surface area (Å²) in [6, 6.07) is 12.0. The molecular weight excluding hydrogens is 290 g/mol. The Hall–Kier alpha value is -2.20. The molecule has 0 atom stereocenters. The minimum absolute atomic E-state index is 0.253. The van der Waals surface area contributed by atoms with E-state index in [2.05, 4.69) is 5.32 Å². The van der Waals surface area contributed by atoms with E-state index in [1.165, 1.54) is 7.11 Å². The molecule has 0 aromatic heterocycles. The molecule has 0 aliphatic carbocycles. The van der Waals surface area contributed by atoms with Gasteiger partial charge in [0.2, 0.25) is 0 Å². The number of hydrogen-bond donors (Lipinski definition) is 1. The van der Waals surface area contributed by atoms with Crippen molar-refractivity contribution in [3.05, 3.63) is 53.1 Å². The first kappa shape index (κ1) is 15.2. The summed E-state index contributed by atoms with van der Waals surface area (Å²) in [7, 11) is 1.54. The van der Waals surface area contributed by atoms with E-state index in [0.29, 0.717) is 34.4 Å². The number of benzene rings is 2. The number of ether oxygens (including phenoxy) is 2. The number of methoxy groups -OCH3 is 1. The summed E-state index contributed by atoms with van der Waals surface area (Å²) >= 11 is 5.94. The SMILES string of the molecule is CCOc1cccc(C(=O)Nc2cc(Cl)ccc2OC)c1. The van der Waals surface area contributed by atoms with Gasteiger partial charge in [-0.05, 0) is 43.3 Å². The number of amides is 1. The highest BCUT2D eigenvalue weighted by atomic mass is 35.5. The molecule has 0 saturated carbocycles. The van der Waals surface area contributed by atoms with Crippen LogP contribution in [0.3, 0.4) is 0 Å². The topological polar surface area (TPSA) is 47.6 Å². The van der Waals surface area contributed by atoms with Gasteiger partial charge in [0.15, 0.2) is 0 Å². The summed E-state index contributed by atoms with van der Waals surface area (Å²) < 4.78 is 10.6. The zero-order valence-electron chi connectivity index (χ0n) is 11.9. The van der Waals surface area contributed by atoms with Crippen molar-refractivity contribution in [2.75, 3.05) is 19.0 Å². The second kappa shape index (κ2) is 6.99. The molecule has 0 spiro atoms. The number of carbonyl (C=O) groups is 1. The lowest BCUT2D eigenvalue weighted by molar-refractivity contribution is 0.102. The van der Waals surface area contributed by atoms with Crippen LogP contribution in [-0.2, 0) is 0 Å². The third-order valence-corrected chi connectivity index (χ3v) is 3.05. The molecule has 2 rings (SSSR count). The van der Waals surface area contributed by atoms with Crippen molar-refractivity contribution in [3.8, 4) is 11.5 Å². The van der Waals surface area contributed by atoms with Crippen molar-refractivity contribution in [3.63, 3.8) is 0 Å². The Morgan fingerprint density at radius 3 is 2.76 bits per heavy atom. The third kappa shape index (κ3) is 3.89. The standard InChI is InChI=1S/C16H16ClNO3/c1-3-21-13-6-4-5-11(9-13)16(19)18-14-10-12(17)7-8-15(14)20-2/h4-10H,3H2,1-2H3,(H,18,19). The zero-order valence-corrected chi connectivity index (χ0v) is 12.6. The molecule has 2 aromatic carbocycles. The maximum Gasteiger partial charge on any atom is 0.255 e. The van der Waals surface area contributed by atoms with Gasteiger partial charge in [0.25, 0.3) is 5.91 Å². The molecule has 1 N–H and O–H groups in total. The van der Waals surface area contributed by atoms with Gasteiger partial charge in [0, 0.05) is 10.6 Å². The minimum Gasteiger partial charge on any atom is -0.495 e. The van der Waals surface area contributed by atoms with Gasteiger partial charge >= 0.3 is 0 Å². The van der Waals surface area contributed by atoms with E-state index in [-0.39, 0.29) is 5.91 Å². The Morgan fingerprint density at radius 1 is 1.24 bits per heavy atom. The van der Waals surface area contributed by atoms with E-state index in [1.807, 2.05) is 6.92 Å². The van der Waals surface area contributed by atoms with E-state index < -0.39 is 0 Å². The van der Waals surface area contributed by atoms with Crippen molar-refractivity contribution < 1.29 is 14.3 Å². The molecular formula is C16H16ClNO3. The van der Waals surface area contributed by atoms with E-state index in [4.69, 9.17) is 21.1 Å². The fourth-order valence-electron chi connectivity index (χ4n) is 1.87. The molecule has 5 heteroatoms. The van der Waals surface area contributed by atoms with Crippen LogP contribution in [0.1, 0.15) is 17.3 Å². The van der Waals surface area contributed by atoms with Gasteiger partial charge < -0.3 is 14.8 Å². The van der Waals surface area contributed by atoms with Crippen molar-refractivity contribution in [2.24, 2.45) is 0 Å². The summed E-state index contributed by atoms with van der Waals surface area (Å²) in [6.45, 7) is 2.44. The van der Waals surface area contributed by atoms with Crippen LogP contribution in [0.4, 0.5) is 5.69 Å². The predicted molar refractivity (Wildman–Crippen MR) is 83.6 cm³/mol. The fraction of sp³-hybridized carbons (Fsp3) is 0.188. The molecule has 0 aliphatic heterocycles. The van der Waals surface area contributed by atoms with E-state index in [9.17, 15) is 4.79 Å². The van der Waals surface area contributed by atoms with Crippen LogP contribution in [-0.4, -0.2) is 19.6 Å². The van der Waals surface area contributed by atoms with E-state index in [1.54, 1.807) is 42.5 Å². The molecule has 0 fully saturated rings. The highest BCUT2D eigenvalue weighted by molar-refractivity contribution is 6.31. The maximum absolute atomic E-state index is 12.3. The first-order chi connectivity index (χ1) is 10.1. The number of carbonyl (C=O) groups excluding carboxylic acids is 1. The molecule has 0 aliphatic rings. The summed E-state index contributed by atoms with van der Waals surface area (Å²) in [5.74, 6) is 0.953. The minimum atomic E-state index is -0.253. The maximum atomic E-state index is 12.3. The molecule has 2 aromatic rings. The van der Waals surface area contributed by atoms with Gasteiger partial charge in [-0.2, -0.15) is 0 Å². The van der Waals surface area contributed by atoms with Crippen LogP contribution in [0, 0.1) is 0 Å². The highest BCUT2D eigenvalue weighted by Crippen LogP contribution is 2.28. The smallest absolute Gasteiger partial charge is 0.255 e. The summed E-state index contributed by atoms with van der Waals surface area (Å²) in [4.78, 5) is 12.3. The Bertz CT molecular complexity index is 643. The van der Waals surface area contributed by atoms with E-state index in [0.717, 1.165) is 0 Å². The van der Waals surface area contributed by atoms with Crippen LogP contribution in [0.25, 0.3) is 0 Å². The molecule has 1 amide bonds. The van der Waals surface area contributed by atoms with Crippen LogP contribution in [0.5, 0.6) is 11.5 Å².